The standard InChI is InChI=1S/C26H26FNO4/c1-31-24-16-20(11-14-23(24)32-17-18-6-3-2-4-7-18)25(19-9-12-21(27)13-10-19)28-15-5-8-22(28)26(29)30/h2-4,6-7,9-14,16,22,25H,5,8,15,17H2,1H3,(H,29,30). The minimum Gasteiger partial charge on any atom is -0.493 e. The number of hydrogen-bond acceptors (Lipinski definition) is 4. The summed E-state index contributed by atoms with van der Waals surface area (Å²) < 4.78 is 25.2. The molecule has 1 saturated heterocycles. The average molecular weight is 435 g/mol. The van der Waals surface area contributed by atoms with Crippen molar-refractivity contribution < 1.29 is 23.8 Å². The minimum absolute atomic E-state index is 0.328. The van der Waals surface area contributed by atoms with Gasteiger partial charge in [-0.2, -0.15) is 0 Å². The zero-order valence-corrected chi connectivity index (χ0v) is 17.9. The largest absolute Gasteiger partial charge is 0.493 e. The number of ether oxygens (including phenoxy) is 2. The maximum absolute atomic E-state index is 13.6. The van der Waals surface area contributed by atoms with Gasteiger partial charge in [0, 0.05) is 6.54 Å². The number of benzene rings is 3. The Morgan fingerprint density at radius 1 is 1.06 bits per heavy atom. The molecule has 0 bridgehead atoms. The molecule has 2 atom stereocenters. The van der Waals surface area contributed by atoms with E-state index in [0.29, 0.717) is 31.1 Å². The van der Waals surface area contributed by atoms with Crippen molar-refractivity contribution >= 4 is 5.97 Å². The highest BCUT2D eigenvalue weighted by Gasteiger charge is 2.37. The predicted molar refractivity (Wildman–Crippen MR) is 119 cm³/mol. The number of nitrogens with zero attached hydrogens (tertiary/aromatic N) is 1. The predicted octanol–water partition coefficient (Wildman–Crippen LogP) is 5.05. The number of carboxylic acid groups (broad SMARTS) is 1. The van der Waals surface area contributed by atoms with E-state index in [1.807, 2.05) is 53.4 Å². The lowest BCUT2D eigenvalue weighted by Gasteiger charge is -2.32. The van der Waals surface area contributed by atoms with Crippen LogP contribution in [-0.2, 0) is 11.4 Å². The molecule has 166 valence electrons. The molecule has 0 aliphatic carbocycles. The fraction of sp³-hybridized carbons (Fsp3) is 0.269. The van der Waals surface area contributed by atoms with Crippen molar-refractivity contribution in [1.82, 2.24) is 4.90 Å². The summed E-state index contributed by atoms with van der Waals surface area (Å²) >= 11 is 0. The van der Waals surface area contributed by atoms with Gasteiger partial charge in [-0.25, -0.2) is 4.39 Å². The maximum atomic E-state index is 13.6. The molecule has 1 aliphatic rings. The molecule has 0 spiro atoms. The van der Waals surface area contributed by atoms with Gasteiger partial charge in [0.05, 0.1) is 13.2 Å². The number of carboxylic acids is 1. The summed E-state index contributed by atoms with van der Waals surface area (Å²) in [5.41, 5.74) is 2.75. The first-order valence-corrected chi connectivity index (χ1v) is 10.7. The van der Waals surface area contributed by atoms with Gasteiger partial charge in [0.25, 0.3) is 0 Å². The van der Waals surface area contributed by atoms with Gasteiger partial charge in [0.2, 0.25) is 0 Å². The Morgan fingerprint density at radius 3 is 2.47 bits per heavy atom. The molecule has 0 saturated carbocycles. The molecule has 6 heteroatoms. The monoisotopic (exact) mass is 435 g/mol. The van der Waals surface area contributed by atoms with Crippen LogP contribution in [-0.4, -0.2) is 35.7 Å². The number of methoxy groups -OCH3 is 1. The van der Waals surface area contributed by atoms with E-state index in [0.717, 1.165) is 23.1 Å². The van der Waals surface area contributed by atoms with Gasteiger partial charge >= 0.3 is 5.97 Å². The van der Waals surface area contributed by atoms with E-state index in [4.69, 9.17) is 9.47 Å². The summed E-state index contributed by atoms with van der Waals surface area (Å²) in [5, 5.41) is 9.75. The van der Waals surface area contributed by atoms with Gasteiger partial charge in [-0.05, 0) is 53.8 Å². The van der Waals surface area contributed by atoms with Gasteiger partial charge in [-0.1, -0.05) is 48.5 Å². The highest BCUT2D eigenvalue weighted by atomic mass is 19.1. The van der Waals surface area contributed by atoms with Crippen molar-refractivity contribution in [2.24, 2.45) is 0 Å². The topological polar surface area (TPSA) is 59.0 Å². The van der Waals surface area contributed by atoms with Crippen molar-refractivity contribution in [3.63, 3.8) is 0 Å². The molecule has 0 radical (unpaired) electrons. The van der Waals surface area contributed by atoms with Gasteiger partial charge < -0.3 is 14.6 Å². The maximum Gasteiger partial charge on any atom is 0.320 e. The third-order valence-electron chi connectivity index (χ3n) is 5.84. The van der Waals surface area contributed by atoms with E-state index in [2.05, 4.69) is 0 Å². The number of halogens is 1. The molecule has 32 heavy (non-hydrogen) atoms. The average Bonchev–Trinajstić information content (AvgIpc) is 3.30. The summed E-state index contributed by atoms with van der Waals surface area (Å²) in [7, 11) is 1.58. The van der Waals surface area contributed by atoms with Gasteiger partial charge in [-0.3, -0.25) is 9.69 Å². The molecule has 1 heterocycles. The molecule has 4 rings (SSSR count). The highest BCUT2D eigenvalue weighted by molar-refractivity contribution is 5.74. The summed E-state index contributed by atoms with van der Waals surface area (Å²) in [4.78, 5) is 13.9. The van der Waals surface area contributed by atoms with Crippen LogP contribution in [0.2, 0.25) is 0 Å². The first-order chi connectivity index (χ1) is 15.6. The van der Waals surface area contributed by atoms with Crippen LogP contribution < -0.4 is 9.47 Å². The fourth-order valence-electron chi connectivity index (χ4n) is 4.29. The van der Waals surface area contributed by atoms with Gasteiger partial charge in [-0.15, -0.1) is 0 Å². The van der Waals surface area contributed by atoms with Crippen LogP contribution in [0, 0.1) is 5.82 Å². The molecular formula is C26H26FNO4. The molecule has 1 aliphatic heterocycles. The number of rotatable bonds is 8. The van der Waals surface area contributed by atoms with E-state index >= 15 is 0 Å². The Labute approximate surface area is 187 Å². The third-order valence-corrected chi connectivity index (χ3v) is 5.84. The number of carbonyl (C=O) groups is 1. The van der Waals surface area contributed by atoms with E-state index < -0.39 is 12.0 Å². The fourth-order valence-corrected chi connectivity index (χ4v) is 4.29. The molecule has 5 nitrogen and oxygen atoms in total. The first kappa shape index (κ1) is 21.8. The molecule has 1 N–H and O–H groups in total. The quantitative estimate of drug-likeness (QED) is 0.537. The lowest BCUT2D eigenvalue weighted by Crippen LogP contribution is -2.39. The third kappa shape index (κ3) is 4.75. The van der Waals surface area contributed by atoms with Crippen LogP contribution in [0.1, 0.15) is 35.6 Å². The number of likely N-dealkylation sites (tertiary alicyclic amines) is 1. The Hall–Kier alpha value is -3.38. The Morgan fingerprint density at radius 2 is 1.78 bits per heavy atom. The van der Waals surface area contributed by atoms with E-state index in [9.17, 15) is 14.3 Å². The van der Waals surface area contributed by atoms with E-state index in [1.54, 1.807) is 19.2 Å². The summed E-state index contributed by atoms with van der Waals surface area (Å²) in [6, 6.07) is 20.8. The second-order valence-electron chi connectivity index (χ2n) is 7.87. The summed E-state index contributed by atoms with van der Waals surface area (Å²) in [6.45, 7) is 1.05. The zero-order valence-electron chi connectivity index (χ0n) is 17.9. The second kappa shape index (κ2) is 9.83. The Kier molecular flexibility index (Phi) is 6.71. The van der Waals surface area contributed by atoms with E-state index in [-0.39, 0.29) is 11.9 Å². The first-order valence-electron chi connectivity index (χ1n) is 10.7. The number of hydrogen-bond donors (Lipinski definition) is 1. The van der Waals surface area contributed by atoms with Gasteiger partial charge in [0.15, 0.2) is 11.5 Å². The van der Waals surface area contributed by atoms with Crippen LogP contribution in [0.5, 0.6) is 11.5 Å². The summed E-state index contributed by atoms with van der Waals surface area (Å²) in [5.74, 6) is 0.00104. The van der Waals surface area contributed by atoms with Crippen molar-refractivity contribution in [3.05, 3.63) is 95.3 Å². The zero-order chi connectivity index (χ0) is 22.5. The second-order valence-corrected chi connectivity index (χ2v) is 7.87. The number of aliphatic carboxylic acids is 1. The molecule has 2 unspecified atom stereocenters. The summed E-state index contributed by atoms with van der Waals surface area (Å²) in [6.07, 6.45) is 1.38. The van der Waals surface area contributed by atoms with Crippen molar-refractivity contribution in [2.45, 2.75) is 31.5 Å². The van der Waals surface area contributed by atoms with Crippen LogP contribution in [0.4, 0.5) is 4.39 Å². The minimum atomic E-state index is -0.843. The van der Waals surface area contributed by atoms with Crippen molar-refractivity contribution in [3.8, 4) is 11.5 Å². The lowest BCUT2D eigenvalue weighted by molar-refractivity contribution is -0.142. The normalized spacial score (nSPS) is 17.1. The molecule has 3 aromatic rings. The van der Waals surface area contributed by atoms with Crippen LogP contribution in [0.3, 0.4) is 0 Å². The van der Waals surface area contributed by atoms with E-state index in [1.165, 1.54) is 12.1 Å². The van der Waals surface area contributed by atoms with Crippen LogP contribution in [0.15, 0.2) is 72.8 Å². The molecule has 0 aromatic heterocycles. The molecular weight excluding hydrogens is 409 g/mol. The molecule has 0 amide bonds. The molecule has 3 aromatic carbocycles. The Bertz CT molecular complexity index is 1060. The SMILES string of the molecule is COc1cc(C(c2ccc(F)cc2)N2CCCC2C(=O)O)ccc1OCc1ccccc1. The Balaban J connectivity index is 1.67. The molecule has 1 fully saturated rings. The van der Waals surface area contributed by atoms with Crippen LogP contribution in [0.25, 0.3) is 0 Å². The van der Waals surface area contributed by atoms with Gasteiger partial charge in [0.1, 0.15) is 18.5 Å². The van der Waals surface area contributed by atoms with Crippen molar-refractivity contribution in [1.29, 1.82) is 0 Å². The lowest BCUT2D eigenvalue weighted by atomic mass is 9.95. The van der Waals surface area contributed by atoms with Crippen molar-refractivity contribution in [2.75, 3.05) is 13.7 Å². The smallest absolute Gasteiger partial charge is 0.320 e. The van der Waals surface area contributed by atoms with Crippen LogP contribution >= 0.6 is 0 Å². The highest BCUT2D eigenvalue weighted by Crippen LogP contribution is 2.39.